The molecule has 5 nitrogen and oxygen atoms in total. The van der Waals surface area contributed by atoms with Crippen molar-refractivity contribution in [1.82, 2.24) is 5.32 Å². The number of sulfone groups is 1. The van der Waals surface area contributed by atoms with Crippen molar-refractivity contribution in [3.8, 4) is 0 Å². The molecule has 1 atom stereocenters. The van der Waals surface area contributed by atoms with Crippen LogP contribution in [0.25, 0.3) is 0 Å². The van der Waals surface area contributed by atoms with Crippen molar-refractivity contribution in [2.24, 2.45) is 0 Å². The Kier molecular flexibility index (Phi) is 6.91. The van der Waals surface area contributed by atoms with E-state index >= 15 is 0 Å². The lowest BCUT2D eigenvalue weighted by Crippen LogP contribution is -2.23. The first-order valence-electron chi connectivity index (χ1n) is 6.21. The highest BCUT2D eigenvalue weighted by Crippen LogP contribution is 2.23. The Morgan fingerprint density at radius 3 is 2.75 bits per heavy atom. The third kappa shape index (κ3) is 5.38. The minimum atomic E-state index is -3.31. The predicted molar refractivity (Wildman–Crippen MR) is 78.8 cm³/mol. The van der Waals surface area contributed by atoms with Crippen LogP contribution in [0.5, 0.6) is 0 Å². The second kappa shape index (κ2) is 7.95. The third-order valence-corrected chi connectivity index (χ3v) is 4.33. The Morgan fingerprint density at radius 1 is 1.45 bits per heavy atom. The van der Waals surface area contributed by atoms with Crippen molar-refractivity contribution in [3.63, 3.8) is 0 Å². The number of hydrogen-bond acceptors (Lipinski definition) is 5. The molecule has 1 aromatic carbocycles. The summed E-state index contributed by atoms with van der Waals surface area (Å²) in [6.07, 6.45) is 1.14. The topological polar surface area (TPSA) is 75.6 Å². The highest BCUT2D eigenvalue weighted by molar-refractivity contribution is 7.90. The number of hydrogen-bond donors (Lipinski definition) is 2. The first-order valence-corrected chi connectivity index (χ1v) is 8.48. The molecule has 0 bridgehead atoms. The van der Waals surface area contributed by atoms with E-state index < -0.39 is 15.9 Å². The molecule has 0 saturated heterocycles. The maximum atomic E-state index is 11.7. The van der Waals surface area contributed by atoms with Crippen LogP contribution in [0, 0.1) is 0 Å². The summed E-state index contributed by atoms with van der Waals surface area (Å²) in [4.78, 5) is 0.231. The highest BCUT2D eigenvalue weighted by atomic mass is 35.5. The Hall–Kier alpha value is -0.660. The molecular formula is C13H20ClNO4S. The number of benzene rings is 1. The number of rotatable bonds is 8. The highest BCUT2D eigenvalue weighted by Gasteiger charge is 2.15. The molecule has 0 spiro atoms. The van der Waals surface area contributed by atoms with E-state index in [1.54, 1.807) is 12.1 Å². The molecule has 0 aliphatic heterocycles. The van der Waals surface area contributed by atoms with Crippen molar-refractivity contribution < 1.29 is 18.3 Å². The largest absolute Gasteiger partial charge is 0.391 e. The SMILES string of the molecule is COCC(O)CCNCc1c(Cl)cccc1S(C)(=O)=O. The van der Waals surface area contributed by atoms with Crippen molar-refractivity contribution in [2.45, 2.75) is 24.0 Å². The Balaban J connectivity index is 2.64. The summed E-state index contributed by atoms with van der Waals surface area (Å²) in [5, 5.41) is 13.0. The van der Waals surface area contributed by atoms with Gasteiger partial charge in [-0.05, 0) is 25.1 Å². The maximum absolute atomic E-state index is 11.7. The van der Waals surface area contributed by atoms with E-state index in [1.165, 1.54) is 13.2 Å². The molecule has 0 saturated carbocycles. The molecule has 1 unspecified atom stereocenters. The van der Waals surface area contributed by atoms with Crippen LogP contribution in [0.15, 0.2) is 23.1 Å². The molecule has 0 amide bonds. The lowest BCUT2D eigenvalue weighted by molar-refractivity contribution is 0.0594. The zero-order valence-electron chi connectivity index (χ0n) is 11.6. The number of ether oxygens (including phenoxy) is 1. The molecule has 2 N–H and O–H groups in total. The minimum absolute atomic E-state index is 0.231. The van der Waals surface area contributed by atoms with Gasteiger partial charge in [-0.25, -0.2) is 8.42 Å². The van der Waals surface area contributed by atoms with Gasteiger partial charge in [0, 0.05) is 30.5 Å². The smallest absolute Gasteiger partial charge is 0.175 e. The lowest BCUT2D eigenvalue weighted by Gasteiger charge is -2.13. The van der Waals surface area contributed by atoms with Crippen molar-refractivity contribution in [2.75, 3.05) is 26.5 Å². The van der Waals surface area contributed by atoms with Crippen LogP contribution in [0.1, 0.15) is 12.0 Å². The van der Waals surface area contributed by atoms with Gasteiger partial charge in [0.2, 0.25) is 0 Å². The van der Waals surface area contributed by atoms with Gasteiger partial charge in [-0.3, -0.25) is 0 Å². The molecule has 0 aliphatic rings. The fraction of sp³-hybridized carbons (Fsp3) is 0.538. The Morgan fingerprint density at radius 2 is 2.15 bits per heavy atom. The van der Waals surface area contributed by atoms with E-state index in [2.05, 4.69) is 5.32 Å². The van der Waals surface area contributed by atoms with Crippen LogP contribution in [0.4, 0.5) is 0 Å². The van der Waals surface area contributed by atoms with Crippen molar-refractivity contribution in [1.29, 1.82) is 0 Å². The standard InChI is InChI=1S/C13H20ClNO4S/c1-19-9-10(16)6-7-15-8-11-12(14)4-3-5-13(11)20(2,17)18/h3-5,10,15-16H,6-9H2,1-2H3. The molecule has 0 radical (unpaired) electrons. The average Bonchev–Trinajstić information content (AvgIpc) is 2.35. The summed E-state index contributed by atoms with van der Waals surface area (Å²) >= 11 is 6.05. The van der Waals surface area contributed by atoms with Crippen LogP contribution in [0.3, 0.4) is 0 Å². The van der Waals surface area contributed by atoms with Gasteiger partial charge < -0.3 is 15.2 Å². The third-order valence-electron chi connectivity index (χ3n) is 2.79. The lowest BCUT2D eigenvalue weighted by atomic mass is 10.2. The predicted octanol–water partition coefficient (Wildman–Crippen LogP) is 1.23. The summed E-state index contributed by atoms with van der Waals surface area (Å²) in [6, 6.07) is 4.82. The molecular weight excluding hydrogens is 302 g/mol. The van der Waals surface area contributed by atoms with Crippen molar-refractivity contribution >= 4 is 21.4 Å². The van der Waals surface area contributed by atoms with Crippen LogP contribution in [-0.4, -0.2) is 46.1 Å². The van der Waals surface area contributed by atoms with Crippen LogP contribution in [-0.2, 0) is 21.1 Å². The quantitative estimate of drug-likeness (QED) is 0.704. The molecule has 20 heavy (non-hydrogen) atoms. The van der Waals surface area contributed by atoms with Crippen LogP contribution >= 0.6 is 11.6 Å². The van der Waals surface area contributed by atoms with Gasteiger partial charge in [-0.2, -0.15) is 0 Å². The first kappa shape index (κ1) is 17.4. The summed E-state index contributed by atoms with van der Waals surface area (Å²) in [5.41, 5.74) is 0.554. The number of methoxy groups -OCH3 is 1. The molecule has 7 heteroatoms. The molecule has 0 aliphatic carbocycles. The number of aliphatic hydroxyl groups is 1. The molecule has 0 heterocycles. The van der Waals surface area contributed by atoms with E-state index in [4.69, 9.17) is 16.3 Å². The number of aliphatic hydroxyl groups excluding tert-OH is 1. The number of halogens is 1. The van der Waals surface area contributed by atoms with Gasteiger partial charge in [-0.15, -0.1) is 0 Å². The maximum Gasteiger partial charge on any atom is 0.175 e. The Labute approximate surface area is 124 Å². The van der Waals surface area contributed by atoms with E-state index in [-0.39, 0.29) is 11.5 Å². The van der Waals surface area contributed by atoms with E-state index in [9.17, 15) is 13.5 Å². The van der Waals surface area contributed by atoms with Gasteiger partial charge in [-0.1, -0.05) is 17.7 Å². The van der Waals surface area contributed by atoms with Gasteiger partial charge in [0.15, 0.2) is 9.84 Å². The average molecular weight is 322 g/mol. The molecule has 1 rings (SSSR count). The van der Waals surface area contributed by atoms with Gasteiger partial charge in [0.25, 0.3) is 0 Å². The fourth-order valence-electron chi connectivity index (χ4n) is 1.82. The second-order valence-corrected chi connectivity index (χ2v) is 6.95. The second-order valence-electron chi connectivity index (χ2n) is 4.56. The first-order chi connectivity index (χ1) is 9.36. The zero-order chi connectivity index (χ0) is 15.2. The van der Waals surface area contributed by atoms with Gasteiger partial charge in [0.1, 0.15) is 0 Å². The fourth-order valence-corrected chi connectivity index (χ4v) is 3.07. The zero-order valence-corrected chi connectivity index (χ0v) is 13.2. The van der Waals surface area contributed by atoms with Gasteiger partial charge in [0.05, 0.1) is 17.6 Å². The van der Waals surface area contributed by atoms with E-state index in [0.717, 1.165) is 6.26 Å². The van der Waals surface area contributed by atoms with E-state index in [1.807, 2.05) is 0 Å². The normalized spacial score (nSPS) is 13.4. The van der Waals surface area contributed by atoms with Gasteiger partial charge >= 0.3 is 0 Å². The summed E-state index contributed by atoms with van der Waals surface area (Å²) < 4.78 is 28.2. The molecule has 1 aromatic rings. The van der Waals surface area contributed by atoms with Crippen LogP contribution in [0.2, 0.25) is 5.02 Å². The summed E-state index contributed by atoms with van der Waals surface area (Å²) in [6.45, 7) is 1.16. The summed E-state index contributed by atoms with van der Waals surface area (Å²) in [7, 11) is -1.79. The van der Waals surface area contributed by atoms with Crippen LogP contribution < -0.4 is 5.32 Å². The molecule has 114 valence electrons. The van der Waals surface area contributed by atoms with Crippen molar-refractivity contribution in [3.05, 3.63) is 28.8 Å². The number of nitrogens with one attached hydrogen (secondary N) is 1. The van der Waals surface area contributed by atoms with E-state index in [0.29, 0.717) is 30.1 Å². The Bertz CT molecular complexity index is 533. The monoisotopic (exact) mass is 321 g/mol. The minimum Gasteiger partial charge on any atom is -0.391 e. The summed E-state index contributed by atoms with van der Waals surface area (Å²) in [5.74, 6) is 0. The molecule has 0 fully saturated rings. The molecule has 0 aromatic heterocycles.